The maximum absolute atomic E-state index is 12.0. The number of nitrogens with zero attached hydrogens (tertiary/aromatic N) is 1. The molecule has 0 unspecified atom stereocenters. The third-order valence-corrected chi connectivity index (χ3v) is 6.41. The zero-order valence-electron chi connectivity index (χ0n) is 13.0. The Bertz CT molecular complexity index is 965. The molecule has 0 aliphatic rings. The predicted octanol–water partition coefficient (Wildman–Crippen LogP) is 3.06. The number of thiazole rings is 1. The fourth-order valence-corrected chi connectivity index (χ4v) is 4.69. The van der Waals surface area contributed by atoms with Gasteiger partial charge in [-0.15, -0.1) is 11.3 Å². The minimum Gasteiger partial charge on any atom is -0.326 e. The number of hydrogen-bond donors (Lipinski definition) is 2. The molecule has 1 heterocycles. The van der Waals surface area contributed by atoms with Crippen LogP contribution in [0.1, 0.15) is 6.42 Å². The van der Waals surface area contributed by atoms with Crippen molar-refractivity contribution >= 4 is 54.9 Å². The SMILES string of the molecule is NS(=O)(=O)c1ccc(NC(=O)CCSc2nc3ccccc3s2)cc1. The van der Waals surface area contributed by atoms with E-state index in [4.69, 9.17) is 5.14 Å². The van der Waals surface area contributed by atoms with Crippen molar-refractivity contribution in [3.63, 3.8) is 0 Å². The number of aromatic nitrogens is 1. The number of rotatable bonds is 6. The van der Waals surface area contributed by atoms with Crippen LogP contribution in [0.3, 0.4) is 0 Å². The van der Waals surface area contributed by atoms with Crippen LogP contribution in [0.15, 0.2) is 57.8 Å². The Kier molecular flexibility index (Phi) is 5.38. The zero-order valence-corrected chi connectivity index (χ0v) is 15.5. The van der Waals surface area contributed by atoms with E-state index in [1.165, 1.54) is 24.3 Å². The van der Waals surface area contributed by atoms with E-state index in [0.29, 0.717) is 17.9 Å². The Balaban J connectivity index is 1.51. The Labute approximate surface area is 153 Å². The lowest BCUT2D eigenvalue weighted by atomic mass is 10.3. The third kappa shape index (κ3) is 4.79. The van der Waals surface area contributed by atoms with Gasteiger partial charge in [-0.3, -0.25) is 4.79 Å². The summed E-state index contributed by atoms with van der Waals surface area (Å²) in [6.45, 7) is 0. The molecule has 1 amide bonds. The van der Waals surface area contributed by atoms with Crippen LogP contribution in [0.2, 0.25) is 0 Å². The summed E-state index contributed by atoms with van der Waals surface area (Å²) in [5.74, 6) is 0.470. The summed E-state index contributed by atoms with van der Waals surface area (Å²) in [6.07, 6.45) is 0.331. The van der Waals surface area contributed by atoms with Gasteiger partial charge >= 0.3 is 0 Å². The molecular formula is C16H15N3O3S3. The average molecular weight is 394 g/mol. The molecule has 0 bridgehead atoms. The number of anilines is 1. The van der Waals surface area contributed by atoms with Crippen LogP contribution in [0, 0.1) is 0 Å². The minimum absolute atomic E-state index is 0.0110. The molecule has 6 nitrogen and oxygen atoms in total. The first-order valence-electron chi connectivity index (χ1n) is 7.33. The van der Waals surface area contributed by atoms with Crippen LogP contribution >= 0.6 is 23.1 Å². The summed E-state index contributed by atoms with van der Waals surface area (Å²) in [4.78, 5) is 16.5. The van der Waals surface area contributed by atoms with Crippen molar-refractivity contribution in [2.75, 3.05) is 11.1 Å². The number of sulfonamides is 1. The molecule has 0 aliphatic carbocycles. The van der Waals surface area contributed by atoms with Crippen LogP contribution in [0.5, 0.6) is 0 Å². The van der Waals surface area contributed by atoms with Gasteiger partial charge in [0.05, 0.1) is 15.1 Å². The van der Waals surface area contributed by atoms with Crippen LogP contribution in [0.25, 0.3) is 10.2 Å². The smallest absolute Gasteiger partial charge is 0.238 e. The number of nitrogens with one attached hydrogen (secondary N) is 1. The summed E-state index contributed by atoms with van der Waals surface area (Å²) in [7, 11) is -3.73. The second-order valence-corrected chi connectivity index (χ2v) is 9.10. The van der Waals surface area contributed by atoms with Crippen LogP contribution in [0.4, 0.5) is 5.69 Å². The first-order valence-corrected chi connectivity index (χ1v) is 10.7. The van der Waals surface area contributed by atoms with Crippen LogP contribution in [-0.2, 0) is 14.8 Å². The molecule has 9 heteroatoms. The van der Waals surface area contributed by atoms with Crippen LogP contribution < -0.4 is 10.5 Å². The summed E-state index contributed by atoms with van der Waals surface area (Å²) >= 11 is 3.15. The molecule has 2 aromatic carbocycles. The van der Waals surface area contributed by atoms with E-state index in [-0.39, 0.29) is 10.8 Å². The highest BCUT2D eigenvalue weighted by Crippen LogP contribution is 2.29. The van der Waals surface area contributed by atoms with E-state index in [2.05, 4.69) is 10.3 Å². The fraction of sp³-hybridized carbons (Fsp3) is 0.125. The number of thioether (sulfide) groups is 1. The van der Waals surface area contributed by atoms with Gasteiger partial charge < -0.3 is 5.32 Å². The van der Waals surface area contributed by atoms with Gasteiger partial charge in [-0.1, -0.05) is 23.9 Å². The lowest BCUT2D eigenvalue weighted by Gasteiger charge is -2.05. The second-order valence-electron chi connectivity index (χ2n) is 5.16. The Hall–Kier alpha value is -1.94. The van der Waals surface area contributed by atoms with Gasteiger partial charge in [-0.25, -0.2) is 18.5 Å². The van der Waals surface area contributed by atoms with Gasteiger partial charge in [0.15, 0.2) is 4.34 Å². The molecule has 0 saturated carbocycles. The van der Waals surface area contributed by atoms with Crippen molar-refractivity contribution in [3.8, 4) is 0 Å². The van der Waals surface area contributed by atoms with Gasteiger partial charge in [0, 0.05) is 17.9 Å². The molecule has 1 aromatic heterocycles. The minimum atomic E-state index is -3.73. The zero-order chi connectivity index (χ0) is 17.9. The van der Waals surface area contributed by atoms with Crippen molar-refractivity contribution in [2.24, 2.45) is 5.14 Å². The van der Waals surface area contributed by atoms with E-state index in [9.17, 15) is 13.2 Å². The number of para-hydroxylation sites is 1. The second kappa shape index (κ2) is 7.52. The van der Waals surface area contributed by atoms with E-state index in [1.54, 1.807) is 23.1 Å². The summed E-state index contributed by atoms with van der Waals surface area (Å²) in [6, 6.07) is 13.7. The van der Waals surface area contributed by atoms with Gasteiger partial charge in [0.1, 0.15) is 0 Å². The summed E-state index contributed by atoms with van der Waals surface area (Å²) in [5, 5.41) is 7.76. The highest BCUT2D eigenvalue weighted by Gasteiger charge is 2.09. The van der Waals surface area contributed by atoms with Crippen molar-refractivity contribution in [3.05, 3.63) is 48.5 Å². The number of benzene rings is 2. The van der Waals surface area contributed by atoms with Gasteiger partial charge in [-0.2, -0.15) is 0 Å². The highest BCUT2D eigenvalue weighted by molar-refractivity contribution is 8.01. The largest absolute Gasteiger partial charge is 0.326 e. The molecule has 0 spiro atoms. The van der Waals surface area contributed by atoms with Crippen LogP contribution in [-0.4, -0.2) is 25.1 Å². The van der Waals surface area contributed by atoms with Crippen molar-refractivity contribution in [1.82, 2.24) is 4.98 Å². The first kappa shape index (κ1) is 17.9. The molecule has 130 valence electrons. The molecule has 0 atom stereocenters. The molecule has 0 radical (unpaired) electrons. The number of primary sulfonamides is 1. The van der Waals surface area contributed by atoms with Gasteiger partial charge in [0.25, 0.3) is 0 Å². The normalized spacial score (nSPS) is 11.6. The molecule has 3 aromatic rings. The highest BCUT2D eigenvalue weighted by atomic mass is 32.2. The van der Waals surface area contributed by atoms with E-state index in [0.717, 1.165) is 14.6 Å². The number of hydrogen-bond acceptors (Lipinski definition) is 6. The average Bonchev–Trinajstić information content (AvgIpc) is 2.97. The van der Waals surface area contributed by atoms with Crippen molar-refractivity contribution in [1.29, 1.82) is 0 Å². The third-order valence-electron chi connectivity index (χ3n) is 3.30. The molecular weight excluding hydrogens is 378 g/mol. The molecule has 0 aliphatic heterocycles. The van der Waals surface area contributed by atoms with Gasteiger partial charge in [0.2, 0.25) is 15.9 Å². The lowest BCUT2D eigenvalue weighted by Crippen LogP contribution is -2.14. The van der Waals surface area contributed by atoms with Gasteiger partial charge in [-0.05, 0) is 36.4 Å². The molecule has 25 heavy (non-hydrogen) atoms. The monoisotopic (exact) mass is 393 g/mol. The molecule has 0 fully saturated rings. The number of nitrogens with two attached hydrogens (primary N) is 1. The Morgan fingerprint density at radius 2 is 1.88 bits per heavy atom. The Morgan fingerprint density at radius 1 is 1.16 bits per heavy atom. The van der Waals surface area contributed by atoms with E-state index < -0.39 is 10.0 Å². The lowest BCUT2D eigenvalue weighted by molar-refractivity contribution is -0.115. The predicted molar refractivity (Wildman–Crippen MR) is 101 cm³/mol. The summed E-state index contributed by atoms with van der Waals surface area (Å²) in [5.41, 5.74) is 1.50. The topological polar surface area (TPSA) is 102 Å². The quantitative estimate of drug-likeness (QED) is 0.627. The molecule has 0 saturated heterocycles. The maximum atomic E-state index is 12.0. The Morgan fingerprint density at radius 3 is 2.56 bits per heavy atom. The molecule has 3 N–H and O–H groups in total. The standard InChI is InChI=1S/C16H15N3O3S3/c17-25(21,22)12-7-5-11(6-8-12)18-15(20)9-10-23-16-19-13-3-1-2-4-14(13)24-16/h1-8H,9-10H2,(H,18,20)(H2,17,21,22). The maximum Gasteiger partial charge on any atom is 0.238 e. The number of fused-ring (bicyclic) bond motifs is 1. The first-order chi connectivity index (χ1) is 11.9. The van der Waals surface area contributed by atoms with E-state index in [1.807, 2.05) is 24.3 Å². The number of amides is 1. The number of carbonyl (C=O) groups is 1. The van der Waals surface area contributed by atoms with Crippen molar-refractivity contribution in [2.45, 2.75) is 15.7 Å². The summed E-state index contributed by atoms with van der Waals surface area (Å²) < 4.78 is 24.4. The fourth-order valence-electron chi connectivity index (χ4n) is 2.10. The van der Waals surface area contributed by atoms with E-state index >= 15 is 0 Å². The molecule has 3 rings (SSSR count). The number of carbonyl (C=O) groups excluding carboxylic acids is 1. The van der Waals surface area contributed by atoms with Crippen molar-refractivity contribution < 1.29 is 13.2 Å².